The Morgan fingerprint density at radius 1 is 1.11 bits per heavy atom. The number of nitrogens with zero attached hydrogens (tertiary/aromatic N) is 3. The molecule has 0 saturated carbocycles. The maximum atomic E-state index is 13.9. The maximum Gasteiger partial charge on any atom is 0.338 e. The van der Waals surface area contributed by atoms with Crippen molar-refractivity contribution in [1.82, 2.24) is 4.57 Å². The van der Waals surface area contributed by atoms with Gasteiger partial charge in [0.15, 0.2) is 4.80 Å². The van der Waals surface area contributed by atoms with E-state index in [1.807, 2.05) is 0 Å². The average Bonchev–Trinajstić information content (AvgIpc) is 3.73. The van der Waals surface area contributed by atoms with Crippen LogP contribution in [0, 0.1) is 10.1 Å². The molecule has 0 aliphatic carbocycles. The number of thiazole rings is 1. The molecule has 5 aromatic rings. The molecule has 0 amide bonds. The number of furan rings is 2. The molecule has 3 aromatic heterocycles. The lowest BCUT2D eigenvalue weighted by atomic mass is 10.0. The fourth-order valence-corrected chi connectivity index (χ4v) is 6.41. The number of benzene rings is 2. The first-order chi connectivity index (χ1) is 21.1. The highest BCUT2D eigenvalue weighted by molar-refractivity contribution is 7.07. The van der Waals surface area contributed by atoms with Crippen molar-refractivity contribution in [2.24, 2.45) is 4.99 Å². The fraction of sp³-hybridized carbons (Fsp3) is 0.129. The van der Waals surface area contributed by atoms with Crippen molar-refractivity contribution in [2.45, 2.75) is 19.9 Å². The first-order valence-corrected chi connectivity index (χ1v) is 14.8. The SMILES string of the molecule is CCOC(=O)C1=C(C)N=c2s/c(=C\c3ccc(-c4ccc(Cl)cc4Cl)o3)c(=O)n2[C@H]1c1ccc(-c2cccc([N+](=O)[O-])c2)o1. The summed E-state index contributed by atoms with van der Waals surface area (Å²) in [6.07, 6.45) is 1.59. The normalized spacial score (nSPS) is 14.8. The second-order valence-corrected chi connectivity index (χ2v) is 11.5. The average molecular weight is 650 g/mol. The standard InChI is InChI=1S/C31H21Cl2N3O7S/c1-3-41-30(38)27-16(2)34-31-35(28(27)25-12-11-23(43-25)17-5-4-6-19(13-17)36(39)40)29(37)26(44-31)15-20-8-10-24(42-20)21-9-7-18(32)14-22(21)33/h4-15,28H,3H2,1-2H3/b26-15-/t28-/m0/s1. The van der Waals surface area contributed by atoms with Crippen molar-refractivity contribution in [3.05, 3.63) is 129 Å². The van der Waals surface area contributed by atoms with Crippen molar-refractivity contribution in [3.63, 3.8) is 0 Å². The zero-order valence-corrected chi connectivity index (χ0v) is 25.4. The molecule has 0 unspecified atom stereocenters. The lowest BCUT2D eigenvalue weighted by molar-refractivity contribution is -0.384. The molecule has 13 heteroatoms. The molecule has 6 rings (SSSR count). The van der Waals surface area contributed by atoms with E-state index in [4.69, 9.17) is 36.8 Å². The first kappa shape index (κ1) is 29.4. The quantitative estimate of drug-likeness (QED) is 0.111. The summed E-state index contributed by atoms with van der Waals surface area (Å²) in [6.45, 7) is 3.46. The molecule has 0 N–H and O–H groups in total. The Kier molecular flexibility index (Phi) is 7.85. The van der Waals surface area contributed by atoms with Crippen molar-refractivity contribution < 1.29 is 23.3 Å². The van der Waals surface area contributed by atoms with Crippen molar-refractivity contribution >= 4 is 52.3 Å². The Balaban J connectivity index is 1.46. The van der Waals surface area contributed by atoms with Crippen LogP contribution in [0.15, 0.2) is 96.6 Å². The van der Waals surface area contributed by atoms with Gasteiger partial charge in [0.05, 0.1) is 32.4 Å². The summed E-state index contributed by atoms with van der Waals surface area (Å²) >= 11 is 13.5. The number of carbonyl (C=O) groups is 1. The summed E-state index contributed by atoms with van der Waals surface area (Å²) in [5.41, 5.74) is 1.09. The summed E-state index contributed by atoms with van der Waals surface area (Å²) < 4.78 is 19.1. The third-order valence-corrected chi connectivity index (χ3v) is 8.38. The molecule has 0 spiro atoms. The number of allylic oxidation sites excluding steroid dienone is 1. The Labute approximate surface area is 262 Å². The van der Waals surface area contributed by atoms with Crippen molar-refractivity contribution in [1.29, 1.82) is 0 Å². The number of rotatable bonds is 7. The van der Waals surface area contributed by atoms with Crippen LogP contribution >= 0.6 is 34.5 Å². The lowest BCUT2D eigenvalue weighted by Gasteiger charge is -2.22. The lowest BCUT2D eigenvalue weighted by Crippen LogP contribution is -2.39. The molecule has 0 bridgehead atoms. The van der Waals surface area contributed by atoms with Crippen LogP contribution in [0.25, 0.3) is 28.7 Å². The zero-order chi connectivity index (χ0) is 31.1. The summed E-state index contributed by atoms with van der Waals surface area (Å²) in [5, 5.41) is 12.2. The highest BCUT2D eigenvalue weighted by atomic mass is 35.5. The molecular formula is C31H21Cl2N3O7S. The van der Waals surface area contributed by atoms with Crippen LogP contribution in [0.3, 0.4) is 0 Å². The number of carbonyl (C=O) groups excluding carboxylic acids is 1. The number of hydrogen-bond donors (Lipinski definition) is 0. The third-order valence-electron chi connectivity index (χ3n) is 6.85. The Bertz CT molecular complexity index is 2170. The first-order valence-electron chi connectivity index (χ1n) is 13.2. The van der Waals surface area contributed by atoms with Crippen molar-refractivity contribution in [2.75, 3.05) is 6.61 Å². The molecule has 4 heterocycles. The zero-order valence-electron chi connectivity index (χ0n) is 23.1. The van der Waals surface area contributed by atoms with Gasteiger partial charge in [0.2, 0.25) is 0 Å². The number of non-ortho nitro benzene ring substituents is 1. The van der Waals surface area contributed by atoms with Gasteiger partial charge in [-0.1, -0.05) is 46.7 Å². The minimum Gasteiger partial charge on any atom is -0.463 e. The van der Waals surface area contributed by atoms with Crippen molar-refractivity contribution in [3.8, 4) is 22.6 Å². The Morgan fingerprint density at radius 2 is 1.91 bits per heavy atom. The van der Waals surface area contributed by atoms with E-state index < -0.39 is 22.5 Å². The molecule has 1 atom stereocenters. The van der Waals surface area contributed by atoms with Gasteiger partial charge >= 0.3 is 5.97 Å². The predicted molar refractivity (Wildman–Crippen MR) is 165 cm³/mol. The van der Waals surface area contributed by atoms with E-state index in [1.54, 1.807) is 74.5 Å². The molecule has 1 aliphatic heterocycles. The van der Waals surface area contributed by atoms with Crippen LogP contribution in [-0.2, 0) is 9.53 Å². The number of hydrogen-bond acceptors (Lipinski definition) is 9. The van der Waals surface area contributed by atoms with Gasteiger partial charge in [-0.3, -0.25) is 19.5 Å². The van der Waals surface area contributed by atoms with Gasteiger partial charge in [-0.05, 0) is 56.3 Å². The van der Waals surface area contributed by atoms with E-state index >= 15 is 0 Å². The molecule has 10 nitrogen and oxygen atoms in total. The van der Waals surface area contributed by atoms with Crippen LogP contribution in [0.2, 0.25) is 10.0 Å². The Morgan fingerprint density at radius 3 is 2.66 bits per heavy atom. The second-order valence-electron chi connectivity index (χ2n) is 9.64. The number of aromatic nitrogens is 1. The number of nitro benzene ring substituents is 1. The van der Waals surface area contributed by atoms with Gasteiger partial charge in [-0.2, -0.15) is 0 Å². The minimum atomic E-state index is -1.00. The van der Waals surface area contributed by atoms with E-state index in [1.165, 1.54) is 16.7 Å². The monoisotopic (exact) mass is 649 g/mol. The second kappa shape index (κ2) is 11.8. The highest BCUT2D eigenvalue weighted by Crippen LogP contribution is 2.35. The molecule has 1 aliphatic rings. The van der Waals surface area contributed by atoms with Gasteiger partial charge in [0, 0.05) is 34.4 Å². The molecule has 0 fully saturated rings. The largest absolute Gasteiger partial charge is 0.463 e. The van der Waals surface area contributed by atoms with Gasteiger partial charge in [-0.15, -0.1) is 0 Å². The van der Waals surface area contributed by atoms with Gasteiger partial charge in [0.1, 0.15) is 29.1 Å². The molecule has 44 heavy (non-hydrogen) atoms. The maximum absolute atomic E-state index is 13.9. The Hall–Kier alpha value is -4.71. The molecule has 0 saturated heterocycles. The van der Waals surface area contributed by atoms with Crippen LogP contribution in [0.4, 0.5) is 5.69 Å². The summed E-state index contributed by atoms with van der Waals surface area (Å²) in [5.74, 6) is 0.840. The van der Waals surface area contributed by atoms with E-state index in [-0.39, 0.29) is 23.6 Å². The molecular weight excluding hydrogens is 629 g/mol. The molecule has 0 radical (unpaired) electrons. The fourth-order valence-electron chi connectivity index (χ4n) is 4.88. The number of nitro groups is 1. The van der Waals surface area contributed by atoms with Gasteiger partial charge < -0.3 is 13.6 Å². The number of fused-ring (bicyclic) bond motifs is 1. The molecule has 2 aromatic carbocycles. The van der Waals surface area contributed by atoms with E-state index in [2.05, 4.69) is 4.99 Å². The summed E-state index contributed by atoms with van der Waals surface area (Å²) in [7, 11) is 0. The van der Waals surface area contributed by atoms with Gasteiger partial charge in [-0.25, -0.2) is 9.79 Å². The van der Waals surface area contributed by atoms with Crippen LogP contribution in [-0.4, -0.2) is 22.1 Å². The van der Waals surface area contributed by atoms with E-state index in [0.29, 0.717) is 53.5 Å². The summed E-state index contributed by atoms with van der Waals surface area (Å²) in [6, 6.07) is 16.7. The summed E-state index contributed by atoms with van der Waals surface area (Å²) in [4.78, 5) is 42.8. The number of esters is 1. The molecule has 222 valence electrons. The van der Waals surface area contributed by atoms with E-state index in [9.17, 15) is 19.7 Å². The van der Waals surface area contributed by atoms with Crippen LogP contribution in [0.5, 0.6) is 0 Å². The smallest absolute Gasteiger partial charge is 0.338 e. The van der Waals surface area contributed by atoms with E-state index in [0.717, 1.165) is 11.3 Å². The number of halogens is 2. The predicted octanol–water partition coefficient (Wildman–Crippen LogP) is 6.53. The van der Waals surface area contributed by atoms with Crippen LogP contribution in [0.1, 0.15) is 31.4 Å². The van der Waals surface area contributed by atoms with Crippen LogP contribution < -0.4 is 14.9 Å². The minimum absolute atomic E-state index is 0.101. The van der Waals surface area contributed by atoms with Gasteiger partial charge in [0.25, 0.3) is 11.2 Å². The topological polar surface area (TPSA) is 130 Å². The number of ether oxygens (including phenoxy) is 1. The third kappa shape index (κ3) is 5.41. The highest BCUT2D eigenvalue weighted by Gasteiger charge is 2.35.